The SMILES string of the molecule is CC1(C)Cc2cc(-c3coc4ccccc34)ccc2C1NC(=O)O[C@@H]1CN2CCC1CC2. The molecule has 1 amide bonds. The molecule has 1 aromatic heterocycles. The third kappa shape index (κ3) is 3.30. The van der Waals surface area contributed by atoms with Crippen molar-refractivity contribution in [1.82, 2.24) is 10.2 Å². The molecule has 32 heavy (non-hydrogen) atoms. The van der Waals surface area contributed by atoms with Crippen LogP contribution < -0.4 is 5.32 Å². The molecule has 0 saturated carbocycles. The number of hydrogen-bond acceptors (Lipinski definition) is 4. The first-order chi connectivity index (χ1) is 15.5. The quantitative estimate of drug-likeness (QED) is 0.592. The summed E-state index contributed by atoms with van der Waals surface area (Å²) in [6, 6.07) is 14.6. The van der Waals surface area contributed by atoms with Gasteiger partial charge in [-0.25, -0.2) is 4.79 Å². The number of carbonyl (C=O) groups is 1. The molecule has 3 aromatic rings. The summed E-state index contributed by atoms with van der Waals surface area (Å²) in [6.07, 6.45) is 4.78. The van der Waals surface area contributed by atoms with Gasteiger partial charge in [-0.2, -0.15) is 0 Å². The fourth-order valence-electron chi connectivity index (χ4n) is 6.03. The molecule has 3 saturated heterocycles. The van der Waals surface area contributed by atoms with Gasteiger partial charge < -0.3 is 14.5 Å². The number of piperidine rings is 3. The molecular formula is C27H30N2O3. The first-order valence-electron chi connectivity index (χ1n) is 11.8. The summed E-state index contributed by atoms with van der Waals surface area (Å²) in [5.41, 5.74) is 5.56. The maximum absolute atomic E-state index is 12.9. The second kappa shape index (κ2) is 7.38. The molecule has 3 aliphatic heterocycles. The third-order valence-corrected chi connectivity index (χ3v) is 7.79. The van der Waals surface area contributed by atoms with E-state index in [1.165, 1.54) is 11.1 Å². The van der Waals surface area contributed by atoms with Gasteiger partial charge in [0.15, 0.2) is 0 Å². The summed E-state index contributed by atoms with van der Waals surface area (Å²) in [7, 11) is 0. The molecule has 2 bridgehead atoms. The Balaban J connectivity index is 1.23. The second-order valence-electron chi connectivity index (χ2n) is 10.4. The lowest BCUT2D eigenvalue weighted by Crippen LogP contribution is -2.53. The Bertz CT molecular complexity index is 1170. The van der Waals surface area contributed by atoms with Crippen molar-refractivity contribution in [3.8, 4) is 11.1 Å². The van der Waals surface area contributed by atoms with Crippen molar-refractivity contribution in [2.45, 2.75) is 45.3 Å². The number of carbonyl (C=O) groups excluding carboxylic acids is 1. The highest BCUT2D eigenvalue weighted by Gasteiger charge is 2.42. The van der Waals surface area contributed by atoms with Crippen molar-refractivity contribution in [2.75, 3.05) is 19.6 Å². The fraction of sp³-hybridized carbons (Fsp3) is 0.444. The summed E-state index contributed by atoms with van der Waals surface area (Å²) in [6.45, 7) is 7.61. The van der Waals surface area contributed by atoms with E-state index < -0.39 is 0 Å². The number of ether oxygens (including phenoxy) is 1. The highest BCUT2D eigenvalue weighted by atomic mass is 16.6. The standard InChI is InChI=1S/C27H30N2O3/c1-27(2)14-19-13-18(22-16-31-23-6-4-3-5-21(22)23)7-8-20(19)25(27)28-26(30)32-24-15-29-11-9-17(24)10-12-29/h3-8,13,16-17,24-25H,9-12,14-15H2,1-2H3,(H,28,30)/t24-,25?/m1/s1. The van der Waals surface area contributed by atoms with Crippen LogP contribution in [0.5, 0.6) is 0 Å². The van der Waals surface area contributed by atoms with Gasteiger partial charge in [-0.15, -0.1) is 0 Å². The Morgan fingerprint density at radius 3 is 2.75 bits per heavy atom. The average Bonchev–Trinajstić information content (AvgIpc) is 3.32. The fourth-order valence-corrected chi connectivity index (χ4v) is 6.03. The van der Waals surface area contributed by atoms with E-state index in [1.807, 2.05) is 24.5 Å². The van der Waals surface area contributed by atoms with Gasteiger partial charge in [0.2, 0.25) is 0 Å². The van der Waals surface area contributed by atoms with Crippen molar-refractivity contribution in [1.29, 1.82) is 0 Å². The molecule has 0 spiro atoms. The summed E-state index contributed by atoms with van der Waals surface area (Å²) in [4.78, 5) is 15.3. The highest BCUT2D eigenvalue weighted by molar-refractivity contribution is 5.94. The Kier molecular flexibility index (Phi) is 4.58. The van der Waals surface area contributed by atoms with Crippen LogP contribution in [-0.4, -0.2) is 36.7 Å². The van der Waals surface area contributed by atoms with Crippen LogP contribution in [-0.2, 0) is 11.2 Å². The zero-order valence-electron chi connectivity index (χ0n) is 18.8. The lowest BCUT2D eigenvalue weighted by atomic mass is 9.85. The smallest absolute Gasteiger partial charge is 0.407 e. The Morgan fingerprint density at radius 2 is 1.97 bits per heavy atom. The van der Waals surface area contributed by atoms with Crippen molar-refractivity contribution < 1.29 is 13.9 Å². The molecule has 1 N–H and O–H groups in total. The average molecular weight is 431 g/mol. The van der Waals surface area contributed by atoms with Gasteiger partial charge in [0.05, 0.1) is 12.3 Å². The van der Waals surface area contributed by atoms with Crippen LogP contribution >= 0.6 is 0 Å². The summed E-state index contributed by atoms with van der Waals surface area (Å²) < 4.78 is 11.7. The minimum Gasteiger partial charge on any atom is -0.464 e. The summed E-state index contributed by atoms with van der Waals surface area (Å²) >= 11 is 0. The molecule has 4 heterocycles. The van der Waals surface area contributed by atoms with Crippen LogP contribution in [0.25, 0.3) is 22.1 Å². The molecule has 3 fully saturated rings. The molecule has 2 atom stereocenters. The van der Waals surface area contributed by atoms with Gasteiger partial charge in [0.1, 0.15) is 11.7 Å². The number of para-hydroxylation sites is 1. The van der Waals surface area contributed by atoms with Gasteiger partial charge in [0.25, 0.3) is 0 Å². The molecule has 5 heteroatoms. The van der Waals surface area contributed by atoms with E-state index in [0.717, 1.165) is 61.0 Å². The Hall–Kier alpha value is -2.79. The monoisotopic (exact) mass is 430 g/mol. The molecule has 5 nitrogen and oxygen atoms in total. The third-order valence-electron chi connectivity index (χ3n) is 7.79. The number of amides is 1. The minimum atomic E-state index is -0.278. The van der Waals surface area contributed by atoms with Gasteiger partial charge in [-0.1, -0.05) is 50.2 Å². The predicted octanol–water partition coefficient (Wildman–Crippen LogP) is 5.54. The van der Waals surface area contributed by atoms with Gasteiger partial charge in [-0.05, 0) is 66.4 Å². The van der Waals surface area contributed by atoms with E-state index in [-0.39, 0.29) is 23.7 Å². The lowest BCUT2D eigenvalue weighted by Gasteiger charge is -2.44. The molecule has 1 aliphatic carbocycles. The largest absolute Gasteiger partial charge is 0.464 e. The molecule has 2 aromatic carbocycles. The molecule has 4 aliphatic rings. The number of fused-ring (bicyclic) bond motifs is 5. The Labute approximate surface area is 188 Å². The van der Waals surface area contributed by atoms with Crippen LogP contribution in [0.4, 0.5) is 4.79 Å². The zero-order chi connectivity index (χ0) is 21.9. The van der Waals surface area contributed by atoms with E-state index in [9.17, 15) is 4.79 Å². The number of benzene rings is 2. The highest BCUT2D eigenvalue weighted by Crippen LogP contribution is 2.47. The van der Waals surface area contributed by atoms with Crippen LogP contribution in [0.1, 0.15) is 43.9 Å². The van der Waals surface area contributed by atoms with Crippen LogP contribution in [0.15, 0.2) is 53.1 Å². The molecular weight excluding hydrogens is 400 g/mol. The van der Waals surface area contributed by atoms with Crippen LogP contribution in [0, 0.1) is 11.3 Å². The van der Waals surface area contributed by atoms with Crippen LogP contribution in [0.2, 0.25) is 0 Å². The second-order valence-corrected chi connectivity index (χ2v) is 10.4. The van der Waals surface area contributed by atoms with Crippen molar-refractivity contribution in [2.24, 2.45) is 11.3 Å². The maximum Gasteiger partial charge on any atom is 0.407 e. The molecule has 7 rings (SSSR count). The number of furan rings is 1. The molecule has 166 valence electrons. The summed E-state index contributed by atoms with van der Waals surface area (Å²) in [5, 5.41) is 4.34. The van der Waals surface area contributed by atoms with Crippen molar-refractivity contribution >= 4 is 17.1 Å². The van der Waals surface area contributed by atoms with Crippen molar-refractivity contribution in [3.63, 3.8) is 0 Å². The van der Waals surface area contributed by atoms with Gasteiger partial charge in [0, 0.05) is 17.5 Å². The predicted molar refractivity (Wildman–Crippen MR) is 124 cm³/mol. The first-order valence-corrected chi connectivity index (χ1v) is 11.8. The maximum atomic E-state index is 12.9. The zero-order valence-corrected chi connectivity index (χ0v) is 18.8. The number of nitrogens with zero attached hydrogens (tertiary/aromatic N) is 1. The van der Waals surface area contributed by atoms with Crippen LogP contribution in [0.3, 0.4) is 0 Å². The van der Waals surface area contributed by atoms with Crippen molar-refractivity contribution in [3.05, 3.63) is 59.9 Å². The number of nitrogens with one attached hydrogen (secondary N) is 1. The minimum absolute atomic E-state index is 0.0261. The number of rotatable bonds is 3. The summed E-state index contributed by atoms with van der Waals surface area (Å²) in [5.74, 6) is 0.516. The normalized spacial score (nSPS) is 27.9. The Morgan fingerprint density at radius 1 is 1.16 bits per heavy atom. The van der Waals surface area contributed by atoms with E-state index in [0.29, 0.717) is 5.92 Å². The van der Waals surface area contributed by atoms with E-state index >= 15 is 0 Å². The lowest BCUT2D eigenvalue weighted by molar-refractivity contribution is -0.0348. The number of alkyl carbamates (subject to hydrolysis) is 1. The van der Waals surface area contributed by atoms with Gasteiger partial charge >= 0.3 is 6.09 Å². The van der Waals surface area contributed by atoms with E-state index in [2.05, 4.69) is 48.3 Å². The van der Waals surface area contributed by atoms with E-state index in [1.54, 1.807) is 0 Å². The molecule has 0 radical (unpaired) electrons. The number of hydrogen-bond donors (Lipinski definition) is 1. The molecule has 1 unspecified atom stereocenters. The first kappa shape index (κ1) is 19.9. The van der Waals surface area contributed by atoms with E-state index in [4.69, 9.17) is 9.15 Å². The van der Waals surface area contributed by atoms with Gasteiger partial charge in [-0.3, -0.25) is 4.90 Å². The topological polar surface area (TPSA) is 54.7 Å².